The average Bonchev–Trinajstić information content (AvgIpc) is 2.80. The number of benzene rings is 3. The van der Waals surface area contributed by atoms with Crippen LogP contribution in [0.1, 0.15) is 26.3 Å². The summed E-state index contributed by atoms with van der Waals surface area (Å²) in [5, 5.41) is 12.4. The molecule has 1 aliphatic rings. The number of aliphatic imine (C=N–C) groups is 1. The Kier molecular flexibility index (Phi) is 3.58. The zero-order valence-electron chi connectivity index (χ0n) is 15.7. The predicted molar refractivity (Wildman–Crippen MR) is 110 cm³/mol. The summed E-state index contributed by atoms with van der Waals surface area (Å²) in [6.45, 7) is 6.72. The van der Waals surface area contributed by atoms with E-state index in [0.717, 1.165) is 10.8 Å². The van der Waals surface area contributed by atoms with Gasteiger partial charge >= 0.3 is 0 Å². The minimum absolute atomic E-state index is 0.109. The first-order valence-electron chi connectivity index (χ1n) is 8.95. The standard InChI is InChI=1S/C23H24N2O/c1-22(2)18-11-7-8-12-19(18)25(4)23(22,3)15-24-21-17-10-6-5-9-16(17)13-14-20(21)26/h5-15,26H,1-4H3. The van der Waals surface area contributed by atoms with E-state index in [1.807, 2.05) is 36.5 Å². The second-order valence-electron chi connectivity index (χ2n) is 7.76. The van der Waals surface area contributed by atoms with Crippen LogP contribution in [-0.2, 0) is 5.41 Å². The molecule has 3 heteroatoms. The highest BCUT2D eigenvalue weighted by molar-refractivity contribution is 5.98. The van der Waals surface area contributed by atoms with Gasteiger partial charge in [0.2, 0.25) is 0 Å². The molecule has 0 aliphatic carbocycles. The lowest BCUT2D eigenvalue weighted by molar-refractivity contribution is 0.392. The van der Waals surface area contributed by atoms with Crippen molar-refractivity contribution < 1.29 is 5.11 Å². The van der Waals surface area contributed by atoms with Gasteiger partial charge in [-0.3, -0.25) is 4.99 Å². The minimum Gasteiger partial charge on any atom is -0.506 e. The van der Waals surface area contributed by atoms with E-state index in [1.165, 1.54) is 11.3 Å². The van der Waals surface area contributed by atoms with E-state index in [0.29, 0.717) is 5.69 Å². The SMILES string of the molecule is CN1c2ccccc2C(C)(C)C1(C)C=Nc1c(O)ccc2ccccc12. The highest BCUT2D eigenvalue weighted by Gasteiger charge is 2.51. The number of anilines is 1. The van der Waals surface area contributed by atoms with Crippen LogP contribution in [0.4, 0.5) is 11.4 Å². The van der Waals surface area contributed by atoms with Gasteiger partial charge in [-0.1, -0.05) is 62.4 Å². The molecule has 1 heterocycles. The van der Waals surface area contributed by atoms with Crippen molar-refractivity contribution in [2.24, 2.45) is 4.99 Å². The topological polar surface area (TPSA) is 35.8 Å². The second-order valence-corrected chi connectivity index (χ2v) is 7.76. The molecular weight excluding hydrogens is 320 g/mol. The van der Waals surface area contributed by atoms with Gasteiger partial charge < -0.3 is 10.0 Å². The van der Waals surface area contributed by atoms with Crippen LogP contribution in [0.15, 0.2) is 65.7 Å². The number of rotatable bonds is 2. The zero-order chi connectivity index (χ0) is 18.5. The fourth-order valence-corrected chi connectivity index (χ4v) is 4.05. The van der Waals surface area contributed by atoms with Gasteiger partial charge in [0.25, 0.3) is 0 Å². The van der Waals surface area contributed by atoms with Crippen LogP contribution in [0.5, 0.6) is 5.75 Å². The third-order valence-corrected chi connectivity index (χ3v) is 6.23. The van der Waals surface area contributed by atoms with Gasteiger partial charge in [0.1, 0.15) is 11.4 Å². The molecule has 26 heavy (non-hydrogen) atoms. The summed E-state index contributed by atoms with van der Waals surface area (Å²) < 4.78 is 0. The number of aromatic hydroxyl groups is 1. The lowest BCUT2D eigenvalue weighted by Gasteiger charge is -2.40. The Morgan fingerprint density at radius 2 is 1.62 bits per heavy atom. The smallest absolute Gasteiger partial charge is 0.141 e. The zero-order valence-corrected chi connectivity index (χ0v) is 15.7. The van der Waals surface area contributed by atoms with Crippen LogP contribution in [0.2, 0.25) is 0 Å². The first-order valence-corrected chi connectivity index (χ1v) is 8.95. The number of para-hydroxylation sites is 1. The molecule has 1 atom stereocenters. The molecule has 3 aromatic rings. The van der Waals surface area contributed by atoms with Crippen molar-refractivity contribution in [3.8, 4) is 5.75 Å². The van der Waals surface area contributed by atoms with E-state index in [1.54, 1.807) is 6.07 Å². The molecule has 0 amide bonds. The summed E-state index contributed by atoms with van der Waals surface area (Å²) >= 11 is 0. The van der Waals surface area contributed by atoms with Crippen LogP contribution in [0.25, 0.3) is 10.8 Å². The van der Waals surface area contributed by atoms with Crippen LogP contribution in [-0.4, -0.2) is 23.9 Å². The Morgan fingerprint density at radius 3 is 2.38 bits per heavy atom. The number of phenolic OH excluding ortho intramolecular Hbond substituents is 1. The van der Waals surface area contributed by atoms with Crippen LogP contribution in [0.3, 0.4) is 0 Å². The molecule has 132 valence electrons. The van der Waals surface area contributed by atoms with Crippen molar-refractivity contribution in [3.05, 3.63) is 66.2 Å². The first kappa shape index (κ1) is 16.6. The summed E-state index contributed by atoms with van der Waals surface area (Å²) in [7, 11) is 2.11. The third kappa shape index (κ3) is 2.16. The highest BCUT2D eigenvalue weighted by atomic mass is 16.3. The molecule has 0 fully saturated rings. The number of nitrogens with zero attached hydrogens (tertiary/aromatic N) is 2. The van der Waals surface area contributed by atoms with Crippen molar-refractivity contribution in [3.63, 3.8) is 0 Å². The van der Waals surface area contributed by atoms with Crippen molar-refractivity contribution in [1.29, 1.82) is 0 Å². The maximum absolute atomic E-state index is 10.4. The summed E-state index contributed by atoms with van der Waals surface area (Å²) in [6, 6.07) is 20.2. The van der Waals surface area contributed by atoms with E-state index in [9.17, 15) is 5.11 Å². The first-order chi connectivity index (χ1) is 12.4. The van der Waals surface area contributed by atoms with E-state index in [-0.39, 0.29) is 16.7 Å². The second kappa shape index (κ2) is 5.60. The minimum atomic E-state index is -0.305. The number of phenols is 1. The van der Waals surface area contributed by atoms with Crippen LogP contribution in [0, 0.1) is 0 Å². The molecule has 4 rings (SSSR count). The van der Waals surface area contributed by atoms with Crippen molar-refractivity contribution in [2.45, 2.75) is 31.7 Å². The monoisotopic (exact) mass is 344 g/mol. The third-order valence-electron chi connectivity index (χ3n) is 6.23. The van der Waals surface area contributed by atoms with Gasteiger partial charge in [-0.2, -0.15) is 0 Å². The van der Waals surface area contributed by atoms with Crippen LogP contribution < -0.4 is 4.90 Å². The average molecular weight is 344 g/mol. The van der Waals surface area contributed by atoms with Gasteiger partial charge in [-0.25, -0.2) is 0 Å². The number of fused-ring (bicyclic) bond motifs is 2. The molecule has 1 aliphatic heterocycles. The normalized spacial score (nSPS) is 21.5. The number of hydrogen-bond acceptors (Lipinski definition) is 3. The molecule has 1 unspecified atom stereocenters. The lowest BCUT2D eigenvalue weighted by atomic mass is 9.72. The molecule has 1 N–H and O–H groups in total. The van der Waals surface area contributed by atoms with Crippen molar-refractivity contribution >= 4 is 28.4 Å². The molecular formula is C23H24N2O. The maximum Gasteiger partial charge on any atom is 0.141 e. The van der Waals surface area contributed by atoms with E-state index >= 15 is 0 Å². The Balaban J connectivity index is 1.84. The molecule has 0 aromatic heterocycles. The summed E-state index contributed by atoms with van der Waals surface area (Å²) in [5.41, 5.74) is 2.76. The fraction of sp³-hybridized carbons (Fsp3) is 0.261. The van der Waals surface area contributed by atoms with E-state index in [2.05, 4.69) is 57.0 Å². The van der Waals surface area contributed by atoms with Crippen LogP contribution >= 0.6 is 0 Å². The molecule has 0 spiro atoms. The summed E-state index contributed by atoms with van der Waals surface area (Å²) in [4.78, 5) is 7.09. The van der Waals surface area contributed by atoms with E-state index in [4.69, 9.17) is 4.99 Å². The molecule has 3 nitrogen and oxygen atoms in total. The van der Waals surface area contributed by atoms with Crippen molar-refractivity contribution in [2.75, 3.05) is 11.9 Å². The Morgan fingerprint density at radius 1 is 0.923 bits per heavy atom. The molecule has 3 aromatic carbocycles. The predicted octanol–water partition coefficient (Wildman–Crippen LogP) is 5.43. The van der Waals surface area contributed by atoms with Gasteiger partial charge in [0.05, 0.1) is 5.54 Å². The molecule has 0 bridgehead atoms. The van der Waals surface area contributed by atoms with Gasteiger partial charge in [0, 0.05) is 29.8 Å². The summed E-state index contributed by atoms with van der Waals surface area (Å²) in [5.74, 6) is 0.208. The van der Waals surface area contributed by atoms with Gasteiger partial charge in [-0.05, 0) is 30.0 Å². The lowest BCUT2D eigenvalue weighted by Crippen LogP contribution is -2.53. The van der Waals surface area contributed by atoms with Gasteiger partial charge in [-0.15, -0.1) is 0 Å². The fourth-order valence-electron chi connectivity index (χ4n) is 4.05. The summed E-state index contributed by atoms with van der Waals surface area (Å²) in [6.07, 6.45) is 1.99. The number of hydrogen-bond donors (Lipinski definition) is 1. The Bertz CT molecular complexity index is 1020. The molecule has 0 radical (unpaired) electrons. The largest absolute Gasteiger partial charge is 0.506 e. The number of likely N-dealkylation sites (N-methyl/N-ethyl adjacent to an activating group) is 1. The Hall–Kier alpha value is -2.81. The maximum atomic E-state index is 10.4. The quantitative estimate of drug-likeness (QED) is 0.629. The highest BCUT2D eigenvalue weighted by Crippen LogP contribution is 2.50. The van der Waals surface area contributed by atoms with E-state index < -0.39 is 0 Å². The Labute approximate surface area is 154 Å². The van der Waals surface area contributed by atoms with Gasteiger partial charge in [0.15, 0.2) is 0 Å². The molecule has 0 saturated heterocycles. The molecule has 0 saturated carbocycles. The van der Waals surface area contributed by atoms with Crippen molar-refractivity contribution in [1.82, 2.24) is 0 Å².